The first-order valence-electron chi connectivity index (χ1n) is 7.15. The van der Waals surface area contributed by atoms with E-state index in [2.05, 4.69) is 5.32 Å². The zero-order valence-corrected chi connectivity index (χ0v) is 12.7. The van der Waals surface area contributed by atoms with E-state index in [-0.39, 0.29) is 5.70 Å². The summed E-state index contributed by atoms with van der Waals surface area (Å²) >= 11 is 0. The summed E-state index contributed by atoms with van der Waals surface area (Å²) in [5.41, 5.74) is 0.754. The Bertz CT molecular complexity index is 723. The number of hydrogen-bond donors (Lipinski definition) is 2. The number of rotatable bonds is 6. The van der Waals surface area contributed by atoms with Crippen LogP contribution >= 0.6 is 0 Å². The molecule has 2 aromatic carbocycles. The zero-order valence-electron chi connectivity index (χ0n) is 12.7. The van der Waals surface area contributed by atoms with Gasteiger partial charge < -0.3 is 15.2 Å². The number of aliphatic carboxylic acids is 1. The van der Waals surface area contributed by atoms with Gasteiger partial charge in [-0.15, -0.1) is 0 Å². The van der Waals surface area contributed by atoms with E-state index < -0.39 is 11.9 Å². The molecule has 23 heavy (non-hydrogen) atoms. The second-order valence-corrected chi connectivity index (χ2v) is 4.65. The third-order valence-corrected chi connectivity index (χ3v) is 3.03. The average Bonchev–Trinajstić information content (AvgIpc) is 2.56. The van der Waals surface area contributed by atoms with Crippen LogP contribution in [-0.4, -0.2) is 23.6 Å². The smallest absolute Gasteiger partial charge is 0.352 e. The van der Waals surface area contributed by atoms with E-state index in [1.165, 1.54) is 6.08 Å². The maximum Gasteiger partial charge on any atom is 0.352 e. The van der Waals surface area contributed by atoms with Crippen molar-refractivity contribution in [1.29, 1.82) is 0 Å². The molecule has 0 aliphatic carbocycles. The molecule has 0 radical (unpaired) electrons. The number of carbonyl (C=O) groups excluding carboxylic acids is 1. The molecule has 5 nitrogen and oxygen atoms in total. The largest absolute Gasteiger partial charge is 0.493 e. The molecule has 0 atom stereocenters. The Hall–Kier alpha value is -3.08. The number of hydrogen-bond acceptors (Lipinski definition) is 3. The van der Waals surface area contributed by atoms with Gasteiger partial charge in [0.05, 0.1) is 6.61 Å². The number of ether oxygens (including phenoxy) is 1. The molecule has 0 aromatic heterocycles. The molecule has 2 rings (SSSR count). The van der Waals surface area contributed by atoms with Crippen molar-refractivity contribution in [1.82, 2.24) is 5.32 Å². The predicted molar refractivity (Wildman–Crippen MR) is 87.1 cm³/mol. The van der Waals surface area contributed by atoms with Gasteiger partial charge in [-0.05, 0) is 31.2 Å². The third kappa shape index (κ3) is 4.44. The summed E-state index contributed by atoms with van der Waals surface area (Å²) in [5.74, 6) is -1.14. The van der Waals surface area contributed by atoms with Gasteiger partial charge in [0, 0.05) is 11.1 Å². The van der Waals surface area contributed by atoms with Crippen LogP contribution in [0.2, 0.25) is 0 Å². The summed E-state index contributed by atoms with van der Waals surface area (Å²) in [6.45, 7) is 2.30. The molecule has 0 fully saturated rings. The number of benzene rings is 2. The quantitative estimate of drug-likeness (QED) is 0.804. The van der Waals surface area contributed by atoms with E-state index in [9.17, 15) is 14.7 Å². The van der Waals surface area contributed by atoms with Crippen LogP contribution in [0.4, 0.5) is 0 Å². The van der Waals surface area contributed by atoms with Crippen LogP contribution in [0.1, 0.15) is 22.8 Å². The molecule has 0 unspecified atom stereocenters. The number of carbonyl (C=O) groups is 2. The normalized spacial score (nSPS) is 10.9. The third-order valence-electron chi connectivity index (χ3n) is 3.03. The minimum Gasteiger partial charge on any atom is -0.493 e. The van der Waals surface area contributed by atoms with Crippen molar-refractivity contribution in [3.8, 4) is 5.75 Å². The molecule has 0 saturated heterocycles. The maximum absolute atomic E-state index is 12.1. The summed E-state index contributed by atoms with van der Waals surface area (Å²) < 4.78 is 5.46. The lowest BCUT2D eigenvalue weighted by Crippen LogP contribution is -2.27. The lowest BCUT2D eigenvalue weighted by atomic mass is 10.1. The molecule has 1 amide bonds. The first-order chi connectivity index (χ1) is 11.1. The Morgan fingerprint density at radius 3 is 2.39 bits per heavy atom. The number of amides is 1. The molecule has 0 saturated carbocycles. The number of carboxylic acids is 1. The van der Waals surface area contributed by atoms with E-state index in [0.717, 1.165) is 0 Å². The van der Waals surface area contributed by atoms with Crippen LogP contribution in [0, 0.1) is 0 Å². The van der Waals surface area contributed by atoms with Crippen molar-refractivity contribution >= 4 is 18.0 Å². The molecule has 5 heteroatoms. The van der Waals surface area contributed by atoms with Gasteiger partial charge in [0.15, 0.2) is 0 Å². The second-order valence-electron chi connectivity index (χ2n) is 4.65. The van der Waals surface area contributed by atoms with Gasteiger partial charge in [0.2, 0.25) is 0 Å². The standard InChI is InChI=1S/C18H17NO4/c1-2-23-16-11-7-6-10-14(16)12-15(18(21)22)19-17(20)13-8-4-3-5-9-13/h3-12H,2H2,1H3,(H,19,20)(H,21,22). The maximum atomic E-state index is 12.1. The fourth-order valence-corrected chi connectivity index (χ4v) is 1.98. The predicted octanol–water partition coefficient (Wildman–Crippen LogP) is 2.94. The van der Waals surface area contributed by atoms with E-state index in [1.807, 2.05) is 6.92 Å². The topological polar surface area (TPSA) is 75.6 Å². The van der Waals surface area contributed by atoms with Crippen molar-refractivity contribution in [2.45, 2.75) is 6.92 Å². The highest BCUT2D eigenvalue weighted by Crippen LogP contribution is 2.20. The number of carboxylic acid groups (broad SMARTS) is 1. The van der Waals surface area contributed by atoms with E-state index >= 15 is 0 Å². The van der Waals surface area contributed by atoms with Gasteiger partial charge in [0.25, 0.3) is 5.91 Å². The van der Waals surface area contributed by atoms with E-state index in [0.29, 0.717) is 23.5 Å². The van der Waals surface area contributed by atoms with Crippen LogP contribution in [0.5, 0.6) is 5.75 Å². The Morgan fingerprint density at radius 2 is 1.74 bits per heavy atom. The average molecular weight is 311 g/mol. The fraction of sp³-hybridized carbons (Fsp3) is 0.111. The van der Waals surface area contributed by atoms with Crippen molar-refractivity contribution in [3.63, 3.8) is 0 Å². The Kier molecular flexibility index (Phi) is 5.52. The van der Waals surface area contributed by atoms with Crippen LogP contribution in [-0.2, 0) is 4.79 Å². The lowest BCUT2D eigenvalue weighted by Gasteiger charge is -2.09. The summed E-state index contributed by atoms with van der Waals surface area (Å²) in [5, 5.41) is 11.7. The van der Waals surface area contributed by atoms with Crippen LogP contribution in [0.3, 0.4) is 0 Å². The summed E-state index contributed by atoms with van der Waals surface area (Å²) in [7, 11) is 0. The molecular weight excluding hydrogens is 294 g/mol. The van der Waals surface area contributed by atoms with E-state index in [4.69, 9.17) is 4.74 Å². The molecule has 0 bridgehead atoms. The molecule has 2 aromatic rings. The second kappa shape index (κ2) is 7.79. The molecular formula is C18H17NO4. The van der Waals surface area contributed by atoms with Gasteiger partial charge in [-0.1, -0.05) is 36.4 Å². The molecule has 0 aliphatic heterocycles. The van der Waals surface area contributed by atoms with Gasteiger partial charge in [-0.3, -0.25) is 4.79 Å². The number of para-hydroxylation sites is 1. The Balaban J connectivity index is 2.28. The van der Waals surface area contributed by atoms with Crippen LogP contribution < -0.4 is 10.1 Å². The van der Waals surface area contributed by atoms with Crippen molar-refractivity contribution in [2.75, 3.05) is 6.61 Å². The van der Waals surface area contributed by atoms with Crippen molar-refractivity contribution in [2.24, 2.45) is 0 Å². The zero-order chi connectivity index (χ0) is 16.7. The Labute approximate surface area is 134 Å². The summed E-state index contributed by atoms with van der Waals surface area (Å²) in [4.78, 5) is 23.5. The van der Waals surface area contributed by atoms with Gasteiger partial charge >= 0.3 is 5.97 Å². The van der Waals surface area contributed by atoms with Gasteiger partial charge in [-0.2, -0.15) is 0 Å². The highest BCUT2D eigenvalue weighted by atomic mass is 16.5. The first-order valence-corrected chi connectivity index (χ1v) is 7.15. The molecule has 0 heterocycles. The molecule has 2 N–H and O–H groups in total. The highest BCUT2D eigenvalue weighted by molar-refractivity contribution is 6.02. The molecule has 0 spiro atoms. The SMILES string of the molecule is CCOc1ccccc1C=C(NC(=O)c1ccccc1)C(=O)O. The molecule has 118 valence electrons. The van der Waals surface area contributed by atoms with E-state index in [1.54, 1.807) is 54.6 Å². The molecule has 0 aliphatic rings. The Morgan fingerprint density at radius 1 is 1.09 bits per heavy atom. The first kappa shape index (κ1) is 16.3. The minimum absolute atomic E-state index is 0.217. The van der Waals surface area contributed by atoms with Crippen LogP contribution in [0.15, 0.2) is 60.3 Å². The van der Waals surface area contributed by atoms with Gasteiger partial charge in [0.1, 0.15) is 11.4 Å². The highest BCUT2D eigenvalue weighted by Gasteiger charge is 2.14. The van der Waals surface area contributed by atoms with Crippen LogP contribution in [0.25, 0.3) is 6.08 Å². The summed E-state index contributed by atoms with van der Waals surface area (Å²) in [6.07, 6.45) is 1.38. The summed E-state index contributed by atoms with van der Waals surface area (Å²) in [6, 6.07) is 15.5. The number of nitrogens with one attached hydrogen (secondary N) is 1. The monoisotopic (exact) mass is 311 g/mol. The fourth-order valence-electron chi connectivity index (χ4n) is 1.98. The van der Waals surface area contributed by atoms with Crippen molar-refractivity contribution in [3.05, 3.63) is 71.4 Å². The minimum atomic E-state index is -1.22. The van der Waals surface area contributed by atoms with Crippen molar-refractivity contribution < 1.29 is 19.4 Å². The van der Waals surface area contributed by atoms with Gasteiger partial charge in [-0.25, -0.2) is 4.79 Å². The lowest BCUT2D eigenvalue weighted by molar-refractivity contribution is -0.132.